The van der Waals surface area contributed by atoms with Gasteiger partial charge in [-0.3, -0.25) is 9.82 Å². The van der Waals surface area contributed by atoms with Crippen LogP contribution >= 0.6 is 11.6 Å². The van der Waals surface area contributed by atoms with Gasteiger partial charge in [0.1, 0.15) is 4.90 Å². The highest BCUT2D eigenvalue weighted by molar-refractivity contribution is 7.92. The van der Waals surface area contributed by atoms with Crippen LogP contribution in [0.4, 0.5) is 11.4 Å². The Balaban J connectivity index is 2.45. The predicted octanol–water partition coefficient (Wildman–Crippen LogP) is 2.06. The van der Waals surface area contributed by atoms with Gasteiger partial charge < -0.3 is 5.73 Å². The molecule has 19 heavy (non-hydrogen) atoms. The van der Waals surface area contributed by atoms with E-state index in [1.54, 1.807) is 19.9 Å². The van der Waals surface area contributed by atoms with Crippen molar-refractivity contribution in [3.63, 3.8) is 0 Å². The molecule has 4 N–H and O–H groups in total. The van der Waals surface area contributed by atoms with Crippen LogP contribution in [0.25, 0.3) is 0 Å². The zero-order valence-corrected chi connectivity index (χ0v) is 11.9. The number of hydrogen-bond acceptors (Lipinski definition) is 4. The second kappa shape index (κ2) is 4.75. The number of hydrogen-bond donors (Lipinski definition) is 3. The minimum absolute atomic E-state index is 0.117. The number of aromatic nitrogens is 2. The van der Waals surface area contributed by atoms with Gasteiger partial charge in [-0.2, -0.15) is 5.10 Å². The van der Waals surface area contributed by atoms with Crippen molar-refractivity contribution in [2.24, 2.45) is 0 Å². The monoisotopic (exact) mass is 300 g/mol. The van der Waals surface area contributed by atoms with E-state index in [0.29, 0.717) is 17.1 Å². The molecule has 0 unspecified atom stereocenters. The van der Waals surface area contributed by atoms with E-state index in [1.807, 2.05) is 0 Å². The summed E-state index contributed by atoms with van der Waals surface area (Å²) < 4.78 is 27.0. The molecule has 0 saturated heterocycles. The summed E-state index contributed by atoms with van der Waals surface area (Å²) in [5.41, 5.74) is 7.13. The lowest BCUT2D eigenvalue weighted by Crippen LogP contribution is -2.15. The Labute approximate surface area is 116 Å². The predicted molar refractivity (Wildman–Crippen MR) is 74.7 cm³/mol. The molecule has 0 aliphatic rings. The summed E-state index contributed by atoms with van der Waals surface area (Å²) in [4.78, 5) is 0.117. The summed E-state index contributed by atoms with van der Waals surface area (Å²) in [5.74, 6) is 0. The molecule has 0 spiro atoms. The summed E-state index contributed by atoms with van der Waals surface area (Å²) in [6.45, 7) is 3.24. The molecule has 2 aromatic rings. The lowest BCUT2D eigenvalue weighted by molar-refractivity contribution is 0.600. The summed E-state index contributed by atoms with van der Waals surface area (Å²) in [6.07, 6.45) is 0. The quantitative estimate of drug-likeness (QED) is 0.755. The minimum Gasteiger partial charge on any atom is -0.399 e. The molecule has 1 heterocycles. The summed E-state index contributed by atoms with van der Waals surface area (Å²) >= 11 is 5.94. The van der Waals surface area contributed by atoms with Gasteiger partial charge in [0.25, 0.3) is 10.0 Å². The van der Waals surface area contributed by atoms with Crippen molar-refractivity contribution >= 4 is 33.0 Å². The van der Waals surface area contributed by atoms with Gasteiger partial charge in [-0.05, 0) is 32.0 Å². The number of nitrogens with zero attached hydrogens (tertiary/aromatic N) is 1. The Morgan fingerprint density at radius 3 is 2.63 bits per heavy atom. The van der Waals surface area contributed by atoms with Gasteiger partial charge in [0, 0.05) is 5.69 Å². The molecular formula is C11H13ClN4O2S. The van der Waals surface area contributed by atoms with Crippen molar-refractivity contribution in [2.45, 2.75) is 18.7 Å². The number of aromatic amines is 1. The molecule has 0 aliphatic heterocycles. The van der Waals surface area contributed by atoms with Crippen molar-refractivity contribution in [1.82, 2.24) is 10.2 Å². The highest BCUT2D eigenvalue weighted by Crippen LogP contribution is 2.28. The van der Waals surface area contributed by atoms with Crippen molar-refractivity contribution < 1.29 is 8.42 Å². The maximum Gasteiger partial charge on any atom is 0.265 e. The fourth-order valence-electron chi connectivity index (χ4n) is 1.75. The molecule has 0 fully saturated rings. The number of anilines is 2. The van der Waals surface area contributed by atoms with E-state index in [-0.39, 0.29) is 15.6 Å². The summed E-state index contributed by atoms with van der Waals surface area (Å²) in [6, 6.07) is 4.59. The molecule has 0 saturated carbocycles. The lowest BCUT2D eigenvalue weighted by Gasteiger charge is -2.10. The largest absolute Gasteiger partial charge is 0.399 e. The van der Waals surface area contributed by atoms with E-state index >= 15 is 0 Å². The van der Waals surface area contributed by atoms with Crippen molar-refractivity contribution in [2.75, 3.05) is 10.5 Å². The number of halogens is 1. The molecule has 0 bridgehead atoms. The van der Waals surface area contributed by atoms with E-state index in [2.05, 4.69) is 14.9 Å². The summed E-state index contributed by atoms with van der Waals surface area (Å²) in [7, 11) is -3.75. The van der Waals surface area contributed by atoms with Crippen molar-refractivity contribution in [3.8, 4) is 0 Å². The zero-order chi connectivity index (χ0) is 14.2. The second-order valence-corrected chi connectivity index (χ2v) is 6.13. The SMILES string of the molecule is Cc1n[nH]c(C)c1S(=O)(=O)Nc1cc(N)ccc1Cl. The topological polar surface area (TPSA) is 101 Å². The van der Waals surface area contributed by atoms with Crippen LogP contribution in [0.15, 0.2) is 23.1 Å². The average Bonchev–Trinajstić information content (AvgIpc) is 2.64. The first-order chi connectivity index (χ1) is 8.81. The molecule has 1 aromatic carbocycles. The fraction of sp³-hybridized carbons (Fsp3) is 0.182. The van der Waals surface area contributed by atoms with Crippen molar-refractivity contribution in [1.29, 1.82) is 0 Å². The number of nitrogens with two attached hydrogens (primary N) is 1. The number of nitrogens with one attached hydrogen (secondary N) is 2. The molecule has 102 valence electrons. The van der Waals surface area contributed by atoms with Gasteiger partial charge in [-0.15, -0.1) is 0 Å². The standard InChI is InChI=1S/C11H13ClN4O2S/c1-6-11(7(2)15-14-6)19(17,18)16-10-5-8(13)3-4-9(10)12/h3-5,16H,13H2,1-2H3,(H,14,15). The number of rotatable bonds is 3. The van der Waals surface area contributed by atoms with Crippen LogP contribution in [0.1, 0.15) is 11.4 Å². The Morgan fingerprint density at radius 2 is 2.05 bits per heavy atom. The Kier molecular flexibility index (Phi) is 3.42. The Hall–Kier alpha value is -1.73. The van der Waals surface area contributed by atoms with Crippen LogP contribution in [0.2, 0.25) is 5.02 Å². The highest BCUT2D eigenvalue weighted by atomic mass is 35.5. The molecular weight excluding hydrogens is 288 g/mol. The molecule has 0 radical (unpaired) electrons. The van der Waals surface area contributed by atoms with Gasteiger partial charge in [-0.1, -0.05) is 11.6 Å². The van der Waals surface area contributed by atoms with Crippen LogP contribution < -0.4 is 10.5 Å². The molecule has 1 aromatic heterocycles. The molecule has 2 rings (SSSR count). The molecule has 0 atom stereocenters. The van der Waals surface area contributed by atoms with Gasteiger partial charge in [0.2, 0.25) is 0 Å². The van der Waals surface area contributed by atoms with Gasteiger partial charge >= 0.3 is 0 Å². The first-order valence-corrected chi connectivity index (χ1v) is 7.27. The second-order valence-electron chi connectivity index (χ2n) is 4.11. The fourth-order valence-corrected chi connectivity index (χ4v) is 3.42. The third kappa shape index (κ3) is 2.66. The maximum absolute atomic E-state index is 12.3. The van der Waals surface area contributed by atoms with E-state index in [4.69, 9.17) is 17.3 Å². The highest BCUT2D eigenvalue weighted by Gasteiger charge is 2.23. The van der Waals surface area contributed by atoms with E-state index in [9.17, 15) is 8.42 Å². The third-order valence-corrected chi connectivity index (χ3v) is 4.52. The van der Waals surface area contributed by atoms with E-state index in [0.717, 1.165) is 0 Å². The number of aryl methyl sites for hydroxylation is 2. The lowest BCUT2D eigenvalue weighted by atomic mass is 10.3. The number of sulfonamides is 1. The van der Waals surface area contributed by atoms with Crippen molar-refractivity contribution in [3.05, 3.63) is 34.6 Å². The van der Waals surface area contributed by atoms with E-state index < -0.39 is 10.0 Å². The van der Waals surface area contributed by atoms with Crippen LogP contribution in [-0.2, 0) is 10.0 Å². The van der Waals surface area contributed by atoms with Gasteiger partial charge in [0.05, 0.1) is 22.1 Å². The zero-order valence-electron chi connectivity index (χ0n) is 10.4. The summed E-state index contributed by atoms with van der Waals surface area (Å²) in [5, 5.41) is 6.76. The molecule has 0 aliphatic carbocycles. The van der Waals surface area contributed by atoms with Gasteiger partial charge in [0.15, 0.2) is 0 Å². The smallest absolute Gasteiger partial charge is 0.265 e. The Bertz CT molecular complexity index is 705. The normalized spacial score (nSPS) is 11.5. The third-order valence-electron chi connectivity index (χ3n) is 2.56. The maximum atomic E-state index is 12.3. The van der Waals surface area contributed by atoms with Crippen LogP contribution in [0.3, 0.4) is 0 Å². The number of H-pyrrole nitrogens is 1. The first-order valence-electron chi connectivity index (χ1n) is 5.40. The number of nitrogen functional groups attached to an aromatic ring is 1. The van der Waals surface area contributed by atoms with Gasteiger partial charge in [-0.25, -0.2) is 8.42 Å². The molecule has 6 nitrogen and oxygen atoms in total. The van der Waals surface area contributed by atoms with Crippen LogP contribution in [0.5, 0.6) is 0 Å². The number of benzene rings is 1. The van der Waals surface area contributed by atoms with Crippen LogP contribution in [-0.4, -0.2) is 18.6 Å². The van der Waals surface area contributed by atoms with E-state index in [1.165, 1.54) is 12.1 Å². The van der Waals surface area contributed by atoms with Crippen LogP contribution in [0, 0.1) is 13.8 Å². The Morgan fingerprint density at radius 1 is 1.37 bits per heavy atom. The molecule has 0 amide bonds. The first kappa shape index (κ1) is 13.7. The minimum atomic E-state index is -3.75. The molecule has 8 heteroatoms. The average molecular weight is 301 g/mol.